The summed E-state index contributed by atoms with van der Waals surface area (Å²) >= 11 is 3.23. The van der Waals surface area contributed by atoms with E-state index in [2.05, 4.69) is 26.6 Å². The van der Waals surface area contributed by atoms with Crippen molar-refractivity contribution in [3.63, 3.8) is 0 Å². The Morgan fingerprint density at radius 3 is 2.65 bits per heavy atom. The Morgan fingerprint density at radius 1 is 1.25 bits per heavy atom. The van der Waals surface area contributed by atoms with Crippen molar-refractivity contribution in [1.82, 2.24) is 0 Å². The molecule has 2 aromatic rings. The van der Waals surface area contributed by atoms with Gasteiger partial charge in [0, 0.05) is 17.2 Å². The molecule has 2 rings (SSSR count). The fourth-order valence-electron chi connectivity index (χ4n) is 1.86. The fourth-order valence-corrected chi connectivity index (χ4v) is 2.30. The molecule has 0 fully saturated rings. The molecule has 104 valence electrons. The number of nitrogens with one attached hydrogen (secondary N) is 2. The SMILES string of the molecule is CNc1ccc(C)cc1C(=O)Nc1c(F)cccc1Br. The summed E-state index contributed by atoms with van der Waals surface area (Å²) in [4.78, 5) is 12.3. The number of carbonyl (C=O) groups excluding carboxylic acids is 1. The van der Waals surface area contributed by atoms with Crippen molar-refractivity contribution in [3.8, 4) is 0 Å². The molecule has 20 heavy (non-hydrogen) atoms. The Balaban J connectivity index is 2.35. The van der Waals surface area contributed by atoms with Gasteiger partial charge in [0.25, 0.3) is 5.91 Å². The maximum atomic E-state index is 13.7. The van der Waals surface area contributed by atoms with Gasteiger partial charge < -0.3 is 10.6 Å². The van der Waals surface area contributed by atoms with Crippen molar-refractivity contribution in [2.24, 2.45) is 0 Å². The Hall–Kier alpha value is -1.88. The van der Waals surface area contributed by atoms with Crippen LogP contribution in [0.1, 0.15) is 15.9 Å². The average Bonchev–Trinajstić information content (AvgIpc) is 2.43. The van der Waals surface area contributed by atoms with Gasteiger partial charge in [0.1, 0.15) is 5.82 Å². The van der Waals surface area contributed by atoms with Gasteiger partial charge >= 0.3 is 0 Å². The minimum atomic E-state index is -0.480. The Labute approximate surface area is 125 Å². The van der Waals surface area contributed by atoms with Crippen molar-refractivity contribution >= 4 is 33.2 Å². The first-order chi connectivity index (χ1) is 9.52. The highest BCUT2D eigenvalue weighted by Crippen LogP contribution is 2.26. The summed E-state index contributed by atoms with van der Waals surface area (Å²) in [5, 5.41) is 5.55. The number of hydrogen-bond acceptors (Lipinski definition) is 2. The van der Waals surface area contributed by atoms with Gasteiger partial charge in [-0.05, 0) is 47.1 Å². The van der Waals surface area contributed by atoms with Crippen LogP contribution < -0.4 is 10.6 Å². The Kier molecular flexibility index (Phi) is 4.39. The van der Waals surface area contributed by atoms with Crippen molar-refractivity contribution in [2.75, 3.05) is 17.7 Å². The lowest BCUT2D eigenvalue weighted by Gasteiger charge is -2.12. The van der Waals surface area contributed by atoms with E-state index in [4.69, 9.17) is 0 Å². The number of carbonyl (C=O) groups is 1. The second-order valence-corrected chi connectivity index (χ2v) is 5.20. The first-order valence-corrected chi connectivity index (χ1v) is 6.86. The summed E-state index contributed by atoms with van der Waals surface area (Å²) in [5.74, 6) is -0.838. The number of benzene rings is 2. The predicted octanol–water partition coefficient (Wildman–Crippen LogP) is 4.19. The van der Waals surface area contributed by atoms with Crippen LogP contribution in [0, 0.1) is 12.7 Å². The smallest absolute Gasteiger partial charge is 0.257 e. The van der Waals surface area contributed by atoms with Gasteiger partial charge in [-0.3, -0.25) is 4.79 Å². The number of halogens is 2. The van der Waals surface area contributed by atoms with E-state index in [1.807, 2.05) is 19.1 Å². The maximum Gasteiger partial charge on any atom is 0.257 e. The van der Waals surface area contributed by atoms with Crippen LogP contribution in [0.4, 0.5) is 15.8 Å². The van der Waals surface area contributed by atoms with E-state index in [1.54, 1.807) is 25.2 Å². The molecule has 0 spiro atoms. The van der Waals surface area contributed by atoms with Crippen molar-refractivity contribution in [1.29, 1.82) is 0 Å². The summed E-state index contributed by atoms with van der Waals surface area (Å²) in [5.41, 5.74) is 2.27. The Bertz CT molecular complexity index is 638. The van der Waals surface area contributed by atoms with Crippen LogP contribution in [0.25, 0.3) is 0 Å². The van der Waals surface area contributed by atoms with Crippen molar-refractivity contribution in [3.05, 3.63) is 57.8 Å². The molecule has 0 aliphatic heterocycles. The van der Waals surface area contributed by atoms with Gasteiger partial charge in [-0.25, -0.2) is 4.39 Å². The molecule has 0 aromatic heterocycles. The number of hydrogen-bond donors (Lipinski definition) is 2. The van der Waals surface area contributed by atoms with E-state index in [0.29, 0.717) is 15.7 Å². The molecule has 5 heteroatoms. The first-order valence-electron chi connectivity index (χ1n) is 6.06. The molecule has 3 nitrogen and oxygen atoms in total. The molecule has 0 aliphatic rings. The molecule has 0 radical (unpaired) electrons. The van der Waals surface area contributed by atoms with Gasteiger partial charge in [-0.2, -0.15) is 0 Å². The van der Waals surface area contributed by atoms with E-state index in [0.717, 1.165) is 5.56 Å². The minimum absolute atomic E-state index is 0.140. The highest BCUT2D eigenvalue weighted by Gasteiger charge is 2.15. The lowest BCUT2D eigenvalue weighted by Crippen LogP contribution is -2.15. The topological polar surface area (TPSA) is 41.1 Å². The van der Waals surface area contributed by atoms with Gasteiger partial charge in [-0.1, -0.05) is 17.7 Å². The standard InChI is InChI=1S/C15H14BrFN2O/c1-9-6-7-13(18-2)10(8-9)15(20)19-14-11(16)4-3-5-12(14)17/h3-8,18H,1-2H3,(H,19,20). The molecule has 0 aliphatic carbocycles. The van der Waals surface area contributed by atoms with Crippen LogP contribution in [0.2, 0.25) is 0 Å². The second kappa shape index (κ2) is 6.05. The largest absolute Gasteiger partial charge is 0.387 e. The van der Waals surface area contributed by atoms with Crippen LogP contribution in [0.5, 0.6) is 0 Å². The summed E-state index contributed by atoms with van der Waals surface area (Å²) in [6.07, 6.45) is 0. The third-order valence-corrected chi connectivity index (χ3v) is 3.55. The summed E-state index contributed by atoms with van der Waals surface area (Å²) in [6, 6.07) is 10.0. The van der Waals surface area contributed by atoms with E-state index in [-0.39, 0.29) is 11.6 Å². The van der Waals surface area contributed by atoms with Gasteiger partial charge in [0.05, 0.1) is 11.3 Å². The highest BCUT2D eigenvalue weighted by molar-refractivity contribution is 9.10. The number of anilines is 2. The van der Waals surface area contributed by atoms with E-state index >= 15 is 0 Å². The molecule has 2 aromatic carbocycles. The van der Waals surface area contributed by atoms with Gasteiger partial charge in [-0.15, -0.1) is 0 Å². The maximum absolute atomic E-state index is 13.7. The van der Waals surface area contributed by atoms with Crippen LogP contribution in [-0.2, 0) is 0 Å². The molecule has 0 bridgehead atoms. The molecule has 2 N–H and O–H groups in total. The fraction of sp³-hybridized carbons (Fsp3) is 0.133. The molecule has 0 atom stereocenters. The molecule has 0 heterocycles. The van der Waals surface area contributed by atoms with Crippen molar-refractivity contribution < 1.29 is 9.18 Å². The Morgan fingerprint density at radius 2 is 2.00 bits per heavy atom. The average molecular weight is 337 g/mol. The molecule has 0 unspecified atom stereocenters. The normalized spacial score (nSPS) is 10.2. The quantitative estimate of drug-likeness (QED) is 0.882. The van der Waals surface area contributed by atoms with Crippen LogP contribution in [-0.4, -0.2) is 13.0 Å². The molecule has 0 saturated heterocycles. The number of para-hydroxylation sites is 1. The first kappa shape index (κ1) is 14.5. The highest BCUT2D eigenvalue weighted by atomic mass is 79.9. The third kappa shape index (κ3) is 2.99. The molecule has 0 saturated carbocycles. The van der Waals surface area contributed by atoms with Crippen LogP contribution in [0.15, 0.2) is 40.9 Å². The second-order valence-electron chi connectivity index (χ2n) is 4.35. The zero-order chi connectivity index (χ0) is 14.7. The lowest BCUT2D eigenvalue weighted by atomic mass is 10.1. The number of aryl methyl sites for hydroxylation is 1. The van der Waals surface area contributed by atoms with Crippen molar-refractivity contribution in [2.45, 2.75) is 6.92 Å². The number of amides is 1. The molecular weight excluding hydrogens is 323 g/mol. The summed E-state index contributed by atoms with van der Waals surface area (Å²) in [6.45, 7) is 1.90. The summed E-state index contributed by atoms with van der Waals surface area (Å²) in [7, 11) is 1.74. The predicted molar refractivity (Wildman–Crippen MR) is 82.8 cm³/mol. The van der Waals surface area contributed by atoms with Crippen LogP contribution in [0.3, 0.4) is 0 Å². The van der Waals surface area contributed by atoms with Gasteiger partial charge in [0.15, 0.2) is 0 Å². The zero-order valence-corrected chi connectivity index (χ0v) is 12.7. The zero-order valence-electron chi connectivity index (χ0n) is 11.1. The third-order valence-electron chi connectivity index (χ3n) is 2.89. The number of rotatable bonds is 3. The summed E-state index contributed by atoms with van der Waals surface area (Å²) < 4.78 is 14.2. The minimum Gasteiger partial charge on any atom is -0.387 e. The van der Waals surface area contributed by atoms with Crippen LogP contribution >= 0.6 is 15.9 Å². The lowest BCUT2D eigenvalue weighted by molar-refractivity contribution is 0.102. The van der Waals surface area contributed by atoms with E-state index in [9.17, 15) is 9.18 Å². The molecular formula is C15H14BrFN2O. The van der Waals surface area contributed by atoms with E-state index < -0.39 is 5.82 Å². The monoisotopic (exact) mass is 336 g/mol. The van der Waals surface area contributed by atoms with Gasteiger partial charge in [0.2, 0.25) is 0 Å². The molecule has 1 amide bonds. The van der Waals surface area contributed by atoms with E-state index in [1.165, 1.54) is 6.07 Å².